The van der Waals surface area contributed by atoms with E-state index in [1.54, 1.807) is 0 Å². The van der Waals surface area contributed by atoms with E-state index < -0.39 is 0 Å². The zero-order chi connectivity index (χ0) is 15.1. The number of para-hydroxylation sites is 1. The van der Waals surface area contributed by atoms with Crippen LogP contribution in [0.25, 0.3) is 0 Å². The highest BCUT2D eigenvalue weighted by atomic mass is 16.5. The van der Waals surface area contributed by atoms with Crippen molar-refractivity contribution >= 4 is 0 Å². The van der Waals surface area contributed by atoms with Crippen molar-refractivity contribution in [3.63, 3.8) is 0 Å². The Morgan fingerprint density at radius 2 is 1.76 bits per heavy atom. The van der Waals surface area contributed by atoms with E-state index in [9.17, 15) is 0 Å². The van der Waals surface area contributed by atoms with E-state index >= 15 is 0 Å². The third-order valence-corrected chi connectivity index (χ3v) is 3.47. The summed E-state index contributed by atoms with van der Waals surface area (Å²) in [6.45, 7) is 7.98. The van der Waals surface area contributed by atoms with E-state index in [-0.39, 0.29) is 0 Å². The maximum absolute atomic E-state index is 6.06. The highest BCUT2D eigenvalue weighted by molar-refractivity contribution is 5.40. The van der Waals surface area contributed by atoms with Crippen molar-refractivity contribution in [2.24, 2.45) is 0 Å². The van der Waals surface area contributed by atoms with Crippen LogP contribution in [-0.4, -0.2) is 12.6 Å². The first-order chi connectivity index (χ1) is 10.2. The summed E-state index contributed by atoms with van der Waals surface area (Å²) in [6.07, 6.45) is 0.937. The zero-order valence-corrected chi connectivity index (χ0v) is 13.2. The van der Waals surface area contributed by atoms with Gasteiger partial charge in [0.05, 0.1) is 6.61 Å². The van der Waals surface area contributed by atoms with E-state index in [1.807, 2.05) is 6.07 Å². The third kappa shape index (κ3) is 4.91. The van der Waals surface area contributed by atoms with Crippen LogP contribution >= 0.6 is 0 Å². The van der Waals surface area contributed by atoms with Crippen LogP contribution in [0.3, 0.4) is 0 Å². The topological polar surface area (TPSA) is 21.3 Å². The molecule has 0 bridgehead atoms. The van der Waals surface area contributed by atoms with Crippen molar-refractivity contribution in [2.75, 3.05) is 6.61 Å². The van der Waals surface area contributed by atoms with Gasteiger partial charge in [-0.1, -0.05) is 62.4 Å². The Bertz CT molecular complexity index is 549. The van der Waals surface area contributed by atoms with Gasteiger partial charge in [-0.2, -0.15) is 0 Å². The zero-order valence-electron chi connectivity index (χ0n) is 13.2. The fourth-order valence-corrected chi connectivity index (χ4v) is 2.29. The molecule has 0 aromatic heterocycles. The van der Waals surface area contributed by atoms with Crippen molar-refractivity contribution in [1.82, 2.24) is 5.32 Å². The number of hydrogen-bond acceptors (Lipinski definition) is 2. The summed E-state index contributed by atoms with van der Waals surface area (Å²) in [5.41, 5.74) is 3.75. The maximum Gasteiger partial charge on any atom is 0.126 e. The molecule has 0 aliphatic rings. The molecule has 2 aromatic rings. The Labute approximate surface area is 128 Å². The van der Waals surface area contributed by atoms with Crippen molar-refractivity contribution in [3.8, 4) is 5.75 Å². The van der Waals surface area contributed by atoms with E-state index in [1.165, 1.54) is 16.7 Å². The van der Waals surface area contributed by atoms with Crippen molar-refractivity contribution in [1.29, 1.82) is 0 Å². The molecular formula is C19H25NO. The van der Waals surface area contributed by atoms with Gasteiger partial charge in [-0.3, -0.25) is 0 Å². The molecule has 112 valence electrons. The number of benzene rings is 2. The van der Waals surface area contributed by atoms with E-state index in [0.717, 1.165) is 18.7 Å². The molecule has 0 atom stereocenters. The Hall–Kier alpha value is -1.80. The average Bonchev–Trinajstić information content (AvgIpc) is 2.48. The molecule has 0 saturated heterocycles. The summed E-state index contributed by atoms with van der Waals surface area (Å²) < 4.78 is 6.06. The predicted molar refractivity (Wildman–Crippen MR) is 88.8 cm³/mol. The molecule has 2 rings (SSSR count). The molecule has 0 aliphatic heterocycles. The van der Waals surface area contributed by atoms with Gasteiger partial charge in [0, 0.05) is 24.6 Å². The van der Waals surface area contributed by atoms with Gasteiger partial charge >= 0.3 is 0 Å². The van der Waals surface area contributed by atoms with Crippen LogP contribution in [0.15, 0.2) is 48.5 Å². The van der Waals surface area contributed by atoms with Gasteiger partial charge in [0.2, 0.25) is 0 Å². The second kappa shape index (κ2) is 7.84. The fourth-order valence-electron chi connectivity index (χ4n) is 2.29. The Morgan fingerprint density at radius 3 is 2.48 bits per heavy atom. The minimum Gasteiger partial charge on any atom is -0.493 e. The monoisotopic (exact) mass is 283 g/mol. The molecule has 0 amide bonds. The predicted octanol–water partition coefficient (Wildman–Crippen LogP) is 4.11. The summed E-state index contributed by atoms with van der Waals surface area (Å²) in [5.74, 6) is 1.03. The summed E-state index contributed by atoms with van der Waals surface area (Å²) in [5, 5.41) is 3.46. The minimum atomic E-state index is 0.475. The molecule has 0 fully saturated rings. The summed E-state index contributed by atoms with van der Waals surface area (Å²) in [4.78, 5) is 0. The van der Waals surface area contributed by atoms with Crippen LogP contribution < -0.4 is 10.1 Å². The van der Waals surface area contributed by atoms with Crippen molar-refractivity contribution < 1.29 is 4.74 Å². The Morgan fingerprint density at radius 1 is 1.00 bits per heavy atom. The number of nitrogens with one attached hydrogen (secondary N) is 1. The molecule has 1 N–H and O–H groups in total. The van der Waals surface area contributed by atoms with Gasteiger partial charge in [-0.25, -0.2) is 0 Å². The number of hydrogen-bond donors (Lipinski definition) is 1. The highest BCUT2D eigenvalue weighted by Crippen LogP contribution is 2.23. The molecule has 2 nitrogen and oxygen atoms in total. The van der Waals surface area contributed by atoms with Gasteiger partial charge in [0.1, 0.15) is 5.75 Å². The molecule has 0 radical (unpaired) electrons. The molecule has 2 aromatic carbocycles. The SMILES string of the molecule is Cc1cccc(CNC(C)C)c1OCCc1ccccc1. The lowest BCUT2D eigenvalue weighted by atomic mass is 10.1. The molecule has 21 heavy (non-hydrogen) atoms. The van der Waals surface area contributed by atoms with Gasteiger partial charge in [-0.05, 0) is 18.1 Å². The molecule has 0 unspecified atom stereocenters. The van der Waals surface area contributed by atoms with Crippen LogP contribution in [0.1, 0.15) is 30.5 Å². The van der Waals surface area contributed by atoms with E-state index in [2.05, 4.69) is 68.6 Å². The quantitative estimate of drug-likeness (QED) is 0.825. The van der Waals surface area contributed by atoms with Crippen LogP contribution in [-0.2, 0) is 13.0 Å². The molecule has 0 saturated carbocycles. The van der Waals surface area contributed by atoms with Crippen LogP contribution in [0.5, 0.6) is 5.75 Å². The normalized spacial score (nSPS) is 10.9. The van der Waals surface area contributed by atoms with Crippen molar-refractivity contribution in [2.45, 2.75) is 39.8 Å². The van der Waals surface area contributed by atoms with Gasteiger partial charge in [0.25, 0.3) is 0 Å². The van der Waals surface area contributed by atoms with E-state index in [4.69, 9.17) is 4.74 Å². The smallest absolute Gasteiger partial charge is 0.126 e. The second-order valence-corrected chi connectivity index (χ2v) is 5.68. The molecule has 0 heterocycles. The highest BCUT2D eigenvalue weighted by Gasteiger charge is 2.07. The maximum atomic E-state index is 6.06. The largest absolute Gasteiger partial charge is 0.493 e. The summed E-state index contributed by atoms with van der Waals surface area (Å²) in [7, 11) is 0. The van der Waals surface area contributed by atoms with Crippen LogP contribution in [0, 0.1) is 6.92 Å². The lowest BCUT2D eigenvalue weighted by Crippen LogP contribution is -2.22. The average molecular weight is 283 g/mol. The Balaban J connectivity index is 1.98. The fraction of sp³-hybridized carbons (Fsp3) is 0.368. The molecule has 0 aliphatic carbocycles. The molecular weight excluding hydrogens is 258 g/mol. The Kier molecular flexibility index (Phi) is 5.82. The lowest BCUT2D eigenvalue weighted by molar-refractivity contribution is 0.315. The van der Waals surface area contributed by atoms with E-state index in [0.29, 0.717) is 12.6 Å². The summed E-state index contributed by atoms with van der Waals surface area (Å²) >= 11 is 0. The first-order valence-electron chi connectivity index (χ1n) is 7.65. The summed E-state index contributed by atoms with van der Waals surface area (Å²) in [6, 6.07) is 17.3. The number of ether oxygens (including phenoxy) is 1. The van der Waals surface area contributed by atoms with Crippen LogP contribution in [0.4, 0.5) is 0 Å². The molecule has 0 spiro atoms. The number of rotatable bonds is 7. The van der Waals surface area contributed by atoms with Gasteiger partial charge < -0.3 is 10.1 Å². The third-order valence-electron chi connectivity index (χ3n) is 3.47. The van der Waals surface area contributed by atoms with Gasteiger partial charge in [-0.15, -0.1) is 0 Å². The lowest BCUT2D eigenvalue weighted by Gasteiger charge is -2.16. The van der Waals surface area contributed by atoms with Gasteiger partial charge in [0.15, 0.2) is 0 Å². The first kappa shape index (κ1) is 15.6. The van der Waals surface area contributed by atoms with Crippen LogP contribution in [0.2, 0.25) is 0 Å². The van der Waals surface area contributed by atoms with Crippen molar-refractivity contribution in [3.05, 3.63) is 65.2 Å². The first-order valence-corrected chi connectivity index (χ1v) is 7.65. The number of aryl methyl sites for hydroxylation is 1. The molecule has 2 heteroatoms. The second-order valence-electron chi connectivity index (χ2n) is 5.68. The minimum absolute atomic E-state index is 0.475. The standard InChI is InChI=1S/C19H25NO/c1-15(2)20-14-18-11-7-8-16(3)19(18)21-13-12-17-9-5-4-6-10-17/h4-11,15,20H,12-14H2,1-3H3.